The molecule has 28 heavy (non-hydrogen) atoms. The summed E-state index contributed by atoms with van der Waals surface area (Å²) in [5.41, 5.74) is 0.864. The predicted molar refractivity (Wildman–Crippen MR) is 99.4 cm³/mol. The van der Waals surface area contributed by atoms with E-state index in [0.29, 0.717) is 49.8 Å². The average molecular weight is 392 g/mol. The number of ether oxygens (including phenoxy) is 1. The van der Waals surface area contributed by atoms with Crippen molar-refractivity contribution in [2.75, 3.05) is 39.8 Å². The molecule has 3 amide bonds. The summed E-state index contributed by atoms with van der Waals surface area (Å²) in [4.78, 5) is 43.4. The molecule has 1 atom stereocenters. The molecule has 0 radical (unpaired) electrons. The van der Waals surface area contributed by atoms with Crippen LogP contribution < -0.4 is 0 Å². The summed E-state index contributed by atoms with van der Waals surface area (Å²) in [6, 6.07) is -0.504. The van der Waals surface area contributed by atoms with Gasteiger partial charge in [0.05, 0.1) is 18.7 Å². The first kappa shape index (κ1) is 20.3. The third kappa shape index (κ3) is 3.89. The molecule has 2 aliphatic heterocycles. The van der Waals surface area contributed by atoms with E-state index in [1.807, 2.05) is 13.8 Å². The van der Waals surface area contributed by atoms with Crippen LogP contribution in [0.25, 0.3) is 0 Å². The van der Waals surface area contributed by atoms with E-state index in [-0.39, 0.29) is 36.6 Å². The standard InChI is InChI=1S/C19H28N4O5/c1-12(2)9-22-10-16(24)23-8-7-21(6-5-15(23)18(22)25)19(26)17-14(11-27-4)13(3)28-20-17/h12,15H,5-11H2,1-4H3. The van der Waals surface area contributed by atoms with Gasteiger partial charge in [0, 0.05) is 33.3 Å². The molecule has 1 aromatic rings. The predicted octanol–water partition coefficient (Wildman–Crippen LogP) is 0.671. The van der Waals surface area contributed by atoms with Gasteiger partial charge in [-0.05, 0) is 19.3 Å². The molecule has 2 saturated heterocycles. The van der Waals surface area contributed by atoms with Crippen molar-refractivity contribution in [3.63, 3.8) is 0 Å². The molecule has 2 aliphatic rings. The summed E-state index contributed by atoms with van der Waals surface area (Å²) in [7, 11) is 1.55. The fourth-order valence-corrected chi connectivity index (χ4v) is 3.85. The Labute approximate surface area is 164 Å². The summed E-state index contributed by atoms with van der Waals surface area (Å²) < 4.78 is 10.3. The van der Waals surface area contributed by atoms with Crippen molar-refractivity contribution in [1.29, 1.82) is 0 Å². The van der Waals surface area contributed by atoms with Crippen LogP contribution in [0.15, 0.2) is 4.52 Å². The zero-order valence-corrected chi connectivity index (χ0v) is 16.9. The van der Waals surface area contributed by atoms with Gasteiger partial charge in [-0.25, -0.2) is 0 Å². The number of hydrogen-bond donors (Lipinski definition) is 0. The van der Waals surface area contributed by atoms with E-state index < -0.39 is 6.04 Å². The van der Waals surface area contributed by atoms with E-state index in [4.69, 9.17) is 9.26 Å². The van der Waals surface area contributed by atoms with Crippen LogP contribution in [0.4, 0.5) is 0 Å². The summed E-state index contributed by atoms with van der Waals surface area (Å²) in [5.74, 6) is 0.494. The molecule has 2 fully saturated rings. The summed E-state index contributed by atoms with van der Waals surface area (Å²) in [6.07, 6.45) is 0.418. The first-order valence-electron chi connectivity index (χ1n) is 9.65. The molecule has 0 spiro atoms. The van der Waals surface area contributed by atoms with Gasteiger partial charge in [0.2, 0.25) is 11.8 Å². The molecule has 9 nitrogen and oxygen atoms in total. The maximum absolute atomic E-state index is 13.0. The van der Waals surface area contributed by atoms with Crippen molar-refractivity contribution in [3.8, 4) is 0 Å². The zero-order chi connectivity index (χ0) is 20.4. The van der Waals surface area contributed by atoms with Crippen LogP contribution in [0, 0.1) is 12.8 Å². The van der Waals surface area contributed by atoms with Crippen LogP contribution in [0.5, 0.6) is 0 Å². The smallest absolute Gasteiger partial charge is 0.276 e. The topological polar surface area (TPSA) is 96.2 Å². The van der Waals surface area contributed by atoms with Gasteiger partial charge in [0.25, 0.3) is 5.91 Å². The van der Waals surface area contributed by atoms with Gasteiger partial charge in [-0.15, -0.1) is 0 Å². The van der Waals surface area contributed by atoms with Gasteiger partial charge in [-0.3, -0.25) is 14.4 Å². The molecule has 3 rings (SSSR count). The van der Waals surface area contributed by atoms with Crippen LogP contribution in [0.3, 0.4) is 0 Å². The van der Waals surface area contributed by atoms with E-state index in [1.54, 1.807) is 28.7 Å². The lowest BCUT2D eigenvalue weighted by Crippen LogP contribution is -2.60. The molecule has 0 aliphatic carbocycles. The molecule has 0 saturated carbocycles. The molecule has 1 unspecified atom stereocenters. The summed E-state index contributed by atoms with van der Waals surface area (Å²) in [5, 5.41) is 3.90. The highest BCUT2D eigenvalue weighted by Crippen LogP contribution is 2.22. The Hall–Kier alpha value is -2.42. The highest BCUT2D eigenvalue weighted by Gasteiger charge is 2.41. The number of nitrogens with zero attached hydrogens (tertiary/aromatic N) is 4. The lowest BCUT2D eigenvalue weighted by Gasteiger charge is -2.39. The van der Waals surface area contributed by atoms with Gasteiger partial charge in [0.1, 0.15) is 11.8 Å². The average Bonchev–Trinajstić information content (AvgIpc) is 2.87. The first-order valence-corrected chi connectivity index (χ1v) is 9.65. The summed E-state index contributed by atoms with van der Waals surface area (Å²) in [6.45, 7) is 7.78. The quantitative estimate of drug-likeness (QED) is 0.731. The minimum Gasteiger partial charge on any atom is -0.380 e. The Kier molecular flexibility index (Phi) is 6.02. The lowest BCUT2D eigenvalue weighted by molar-refractivity contribution is -0.156. The van der Waals surface area contributed by atoms with Crippen LogP contribution in [-0.2, 0) is 20.9 Å². The number of aryl methyl sites for hydroxylation is 1. The van der Waals surface area contributed by atoms with Gasteiger partial charge < -0.3 is 24.0 Å². The van der Waals surface area contributed by atoms with Crippen molar-refractivity contribution >= 4 is 17.7 Å². The van der Waals surface area contributed by atoms with Gasteiger partial charge in [-0.2, -0.15) is 0 Å². The number of fused-ring (bicyclic) bond motifs is 1. The second kappa shape index (κ2) is 8.30. The van der Waals surface area contributed by atoms with E-state index in [9.17, 15) is 14.4 Å². The molecular weight excluding hydrogens is 364 g/mol. The molecule has 0 N–H and O–H groups in total. The van der Waals surface area contributed by atoms with Gasteiger partial charge in [-0.1, -0.05) is 19.0 Å². The third-order valence-electron chi connectivity index (χ3n) is 5.25. The van der Waals surface area contributed by atoms with Crippen LogP contribution in [0.1, 0.15) is 42.1 Å². The monoisotopic (exact) mass is 392 g/mol. The number of carbonyl (C=O) groups is 3. The Balaban J connectivity index is 1.75. The van der Waals surface area contributed by atoms with Crippen LogP contribution in [-0.4, -0.2) is 83.5 Å². The molecule has 0 bridgehead atoms. The molecule has 1 aromatic heterocycles. The second-order valence-corrected chi connectivity index (χ2v) is 7.80. The number of hydrogen-bond acceptors (Lipinski definition) is 6. The summed E-state index contributed by atoms with van der Waals surface area (Å²) >= 11 is 0. The van der Waals surface area contributed by atoms with Crippen molar-refractivity contribution in [1.82, 2.24) is 19.9 Å². The maximum atomic E-state index is 13.0. The molecule has 154 valence electrons. The van der Waals surface area contributed by atoms with Crippen molar-refractivity contribution in [3.05, 3.63) is 17.0 Å². The minimum absolute atomic E-state index is 0.0278. The van der Waals surface area contributed by atoms with Gasteiger partial charge in [0.15, 0.2) is 5.69 Å². The second-order valence-electron chi connectivity index (χ2n) is 7.80. The highest BCUT2D eigenvalue weighted by atomic mass is 16.5. The molecule has 9 heteroatoms. The SMILES string of the molecule is COCc1c(C(=O)N2CCC3C(=O)N(CC(C)C)CC(=O)N3CC2)noc1C. The van der Waals surface area contributed by atoms with Crippen molar-refractivity contribution in [2.24, 2.45) is 5.92 Å². The van der Waals surface area contributed by atoms with Crippen LogP contribution in [0.2, 0.25) is 0 Å². The van der Waals surface area contributed by atoms with E-state index in [1.165, 1.54) is 0 Å². The van der Waals surface area contributed by atoms with Crippen LogP contribution >= 0.6 is 0 Å². The highest BCUT2D eigenvalue weighted by molar-refractivity contribution is 5.96. The Morgan fingerprint density at radius 2 is 2.04 bits per heavy atom. The number of aromatic nitrogens is 1. The number of rotatable bonds is 5. The molecule has 0 aromatic carbocycles. The fraction of sp³-hybridized carbons (Fsp3) is 0.684. The number of piperazine rings is 1. The third-order valence-corrected chi connectivity index (χ3v) is 5.25. The minimum atomic E-state index is -0.504. The number of carbonyl (C=O) groups excluding carboxylic acids is 3. The van der Waals surface area contributed by atoms with Gasteiger partial charge >= 0.3 is 0 Å². The lowest BCUT2D eigenvalue weighted by atomic mass is 10.1. The molecule has 3 heterocycles. The maximum Gasteiger partial charge on any atom is 0.276 e. The Bertz CT molecular complexity index is 760. The first-order chi connectivity index (χ1) is 13.3. The van der Waals surface area contributed by atoms with E-state index in [2.05, 4.69) is 5.16 Å². The largest absolute Gasteiger partial charge is 0.380 e. The zero-order valence-electron chi connectivity index (χ0n) is 16.9. The normalized spacial score (nSPS) is 20.6. The Morgan fingerprint density at radius 3 is 2.71 bits per heavy atom. The van der Waals surface area contributed by atoms with E-state index in [0.717, 1.165) is 0 Å². The van der Waals surface area contributed by atoms with Crippen molar-refractivity contribution < 1.29 is 23.6 Å². The fourth-order valence-electron chi connectivity index (χ4n) is 3.85. The molecular formula is C19H28N4O5. The van der Waals surface area contributed by atoms with E-state index >= 15 is 0 Å². The number of amides is 3. The number of methoxy groups -OCH3 is 1. The van der Waals surface area contributed by atoms with Crippen molar-refractivity contribution in [2.45, 2.75) is 39.8 Å². The Morgan fingerprint density at radius 1 is 1.29 bits per heavy atom.